The lowest BCUT2D eigenvalue weighted by atomic mass is 9.90. The number of hydrogen-bond donors (Lipinski definition) is 1. The molecule has 0 saturated heterocycles. The molecule has 0 aliphatic heterocycles. The molecule has 1 saturated carbocycles. The summed E-state index contributed by atoms with van der Waals surface area (Å²) in [5, 5.41) is 0. The topological polar surface area (TPSA) is 59.5 Å². The molecular formula is C15H24N2O2. The highest BCUT2D eigenvalue weighted by molar-refractivity contribution is 5.97. The SMILES string of the molecule is Cc1oc(C)c(C(=O)N(CCCN)C2CCC2)c1C. The van der Waals surface area contributed by atoms with Crippen LogP contribution in [0.5, 0.6) is 0 Å². The molecule has 2 N–H and O–H groups in total. The van der Waals surface area contributed by atoms with Crippen molar-refractivity contribution in [3.05, 3.63) is 22.6 Å². The van der Waals surface area contributed by atoms with E-state index in [9.17, 15) is 4.79 Å². The van der Waals surface area contributed by atoms with E-state index in [-0.39, 0.29) is 5.91 Å². The van der Waals surface area contributed by atoms with E-state index in [0.717, 1.165) is 48.5 Å². The first kappa shape index (κ1) is 14.1. The Balaban J connectivity index is 2.22. The first-order valence-electron chi connectivity index (χ1n) is 7.14. The first-order valence-corrected chi connectivity index (χ1v) is 7.14. The summed E-state index contributed by atoms with van der Waals surface area (Å²) in [6, 6.07) is 0.396. The van der Waals surface area contributed by atoms with Crippen molar-refractivity contribution < 1.29 is 9.21 Å². The Morgan fingerprint density at radius 3 is 2.42 bits per heavy atom. The molecule has 0 spiro atoms. The maximum atomic E-state index is 12.8. The van der Waals surface area contributed by atoms with Crippen LogP contribution < -0.4 is 5.73 Å². The van der Waals surface area contributed by atoms with E-state index in [1.54, 1.807) is 0 Å². The van der Waals surface area contributed by atoms with Gasteiger partial charge in [-0.3, -0.25) is 4.79 Å². The number of amides is 1. The molecule has 1 fully saturated rings. The quantitative estimate of drug-likeness (QED) is 0.889. The van der Waals surface area contributed by atoms with Crippen LogP contribution in [0.15, 0.2) is 4.42 Å². The monoisotopic (exact) mass is 264 g/mol. The van der Waals surface area contributed by atoms with Crippen molar-refractivity contribution >= 4 is 5.91 Å². The zero-order valence-electron chi connectivity index (χ0n) is 12.2. The summed E-state index contributed by atoms with van der Waals surface area (Å²) in [5.74, 6) is 1.69. The van der Waals surface area contributed by atoms with Gasteiger partial charge in [-0.1, -0.05) is 0 Å². The third-order valence-electron chi connectivity index (χ3n) is 4.15. The minimum absolute atomic E-state index is 0.116. The van der Waals surface area contributed by atoms with E-state index in [1.807, 2.05) is 25.7 Å². The predicted octanol–water partition coefficient (Wildman–Crippen LogP) is 2.55. The number of hydrogen-bond acceptors (Lipinski definition) is 3. The normalized spacial score (nSPS) is 15.4. The summed E-state index contributed by atoms with van der Waals surface area (Å²) in [7, 11) is 0. The van der Waals surface area contributed by atoms with Crippen LogP contribution in [0, 0.1) is 20.8 Å². The molecule has 2 rings (SSSR count). The van der Waals surface area contributed by atoms with Crippen molar-refractivity contribution in [3.8, 4) is 0 Å². The van der Waals surface area contributed by atoms with Gasteiger partial charge < -0.3 is 15.1 Å². The molecule has 1 heterocycles. The number of rotatable bonds is 5. The van der Waals surface area contributed by atoms with E-state index in [0.29, 0.717) is 12.6 Å². The molecule has 1 aromatic heterocycles. The number of carbonyl (C=O) groups is 1. The highest BCUT2D eigenvalue weighted by Gasteiger charge is 2.31. The molecule has 0 aromatic carbocycles. The van der Waals surface area contributed by atoms with Crippen LogP contribution in [-0.2, 0) is 0 Å². The zero-order valence-corrected chi connectivity index (χ0v) is 12.2. The Morgan fingerprint density at radius 2 is 2.00 bits per heavy atom. The second-order valence-electron chi connectivity index (χ2n) is 5.44. The fourth-order valence-electron chi connectivity index (χ4n) is 2.66. The molecule has 106 valence electrons. The first-order chi connectivity index (χ1) is 9.06. The lowest BCUT2D eigenvalue weighted by Gasteiger charge is -2.37. The van der Waals surface area contributed by atoms with Crippen LogP contribution in [-0.4, -0.2) is 29.9 Å². The van der Waals surface area contributed by atoms with Gasteiger partial charge in [-0.05, 0) is 53.0 Å². The lowest BCUT2D eigenvalue weighted by Crippen LogP contribution is -2.45. The van der Waals surface area contributed by atoms with Gasteiger partial charge in [0.15, 0.2) is 0 Å². The Hall–Kier alpha value is -1.29. The molecule has 1 aliphatic rings. The standard InChI is InChI=1S/C15H24N2O2/c1-10-11(2)19-12(3)14(10)15(18)17(9-5-8-16)13-6-4-7-13/h13H,4-9,16H2,1-3H3. The van der Waals surface area contributed by atoms with Crippen LogP contribution in [0.2, 0.25) is 0 Å². The summed E-state index contributed by atoms with van der Waals surface area (Å²) in [6.07, 6.45) is 4.31. The fourth-order valence-corrected chi connectivity index (χ4v) is 2.66. The molecule has 1 amide bonds. The molecule has 4 heteroatoms. The van der Waals surface area contributed by atoms with E-state index in [2.05, 4.69) is 0 Å². The van der Waals surface area contributed by atoms with Crippen molar-refractivity contribution in [2.45, 2.75) is 52.5 Å². The molecule has 0 radical (unpaired) electrons. The highest BCUT2D eigenvalue weighted by Crippen LogP contribution is 2.29. The molecule has 1 aromatic rings. The van der Waals surface area contributed by atoms with E-state index < -0.39 is 0 Å². The maximum Gasteiger partial charge on any atom is 0.257 e. The Kier molecular flexibility index (Phi) is 4.30. The van der Waals surface area contributed by atoms with Crippen molar-refractivity contribution in [1.82, 2.24) is 4.90 Å². The van der Waals surface area contributed by atoms with Crippen LogP contribution in [0.25, 0.3) is 0 Å². The average Bonchev–Trinajstić information content (AvgIpc) is 2.55. The van der Waals surface area contributed by atoms with Gasteiger partial charge in [0.25, 0.3) is 5.91 Å². The minimum atomic E-state index is 0.116. The fraction of sp³-hybridized carbons (Fsp3) is 0.667. The van der Waals surface area contributed by atoms with Crippen molar-refractivity contribution in [1.29, 1.82) is 0 Å². The zero-order chi connectivity index (χ0) is 14.0. The van der Waals surface area contributed by atoms with Crippen LogP contribution in [0.4, 0.5) is 0 Å². The lowest BCUT2D eigenvalue weighted by molar-refractivity contribution is 0.0576. The van der Waals surface area contributed by atoms with Gasteiger partial charge in [0, 0.05) is 18.2 Å². The van der Waals surface area contributed by atoms with Gasteiger partial charge in [0.1, 0.15) is 11.5 Å². The molecule has 0 unspecified atom stereocenters. The summed E-state index contributed by atoms with van der Waals surface area (Å²) in [4.78, 5) is 14.8. The summed E-state index contributed by atoms with van der Waals surface area (Å²) >= 11 is 0. The number of furan rings is 1. The summed E-state index contributed by atoms with van der Waals surface area (Å²) < 4.78 is 5.58. The van der Waals surface area contributed by atoms with Crippen molar-refractivity contribution in [3.63, 3.8) is 0 Å². The third kappa shape index (κ3) is 2.68. The number of nitrogens with zero attached hydrogens (tertiary/aromatic N) is 1. The van der Waals surface area contributed by atoms with Gasteiger partial charge in [0.2, 0.25) is 0 Å². The Bertz CT molecular complexity index is 461. The molecule has 19 heavy (non-hydrogen) atoms. The molecular weight excluding hydrogens is 240 g/mol. The molecule has 0 bridgehead atoms. The smallest absolute Gasteiger partial charge is 0.257 e. The second-order valence-corrected chi connectivity index (χ2v) is 5.44. The van der Waals surface area contributed by atoms with Gasteiger partial charge >= 0.3 is 0 Å². The van der Waals surface area contributed by atoms with Gasteiger partial charge in [-0.15, -0.1) is 0 Å². The molecule has 1 aliphatic carbocycles. The molecule has 0 atom stereocenters. The predicted molar refractivity (Wildman–Crippen MR) is 75.3 cm³/mol. The van der Waals surface area contributed by atoms with Gasteiger partial charge in [-0.2, -0.15) is 0 Å². The van der Waals surface area contributed by atoms with Crippen LogP contribution in [0.1, 0.15) is 53.1 Å². The Labute approximate surface area is 114 Å². The van der Waals surface area contributed by atoms with E-state index in [1.165, 1.54) is 6.42 Å². The number of nitrogens with two attached hydrogens (primary N) is 1. The van der Waals surface area contributed by atoms with Gasteiger partial charge in [-0.25, -0.2) is 0 Å². The third-order valence-corrected chi connectivity index (χ3v) is 4.15. The average molecular weight is 264 g/mol. The maximum absolute atomic E-state index is 12.8. The summed E-state index contributed by atoms with van der Waals surface area (Å²) in [5.41, 5.74) is 7.31. The van der Waals surface area contributed by atoms with Gasteiger partial charge in [0.05, 0.1) is 5.56 Å². The van der Waals surface area contributed by atoms with Crippen LogP contribution >= 0.6 is 0 Å². The minimum Gasteiger partial charge on any atom is -0.466 e. The van der Waals surface area contributed by atoms with E-state index in [4.69, 9.17) is 10.2 Å². The summed E-state index contributed by atoms with van der Waals surface area (Å²) in [6.45, 7) is 7.12. The highest BCUT2D eigenvalue weighted by atomic mass is 16.3. The van der Waals surface area contributed by atoms with E-state index >= 15 is 0 Å². The second kappa shape index (κ2) is 5.78. The van der Waals surface area contributed by atoms with Crippen molar-refractivity contribution in [2.24, 2.45) is 5.73 Å². The largest absolute Gasteiger partial charge is 0.466 e. The number of carbonyl (C=O) groups excluding carboxylic acids is 1. The number of aryl methyl sites for hydroxylation is 2. The van der Waals surface area contributed by atoms with Crippen LogP contribution in [0.3, 0.4) is 0 Å². The Morgan fingerprint density at radius 1 is 1.32 bits per heavy atom. The van der Waals surface area contributed by atoms with Crippen molar-refractivity contribution in [2.75, 3.05) is 13.1 Å². The molecule has 4 nitrogen and oxygen atoms in total.